The van der Waals surface area contributed by atoms with Crippen LogP contribution in [0.4, 0.5) is 0 Å². The van der Waals surface area contributed by atoms with Gasteiger partial charge in [0.15, 0.2) is 11.5 Å². The first kappa shape index (κ1) is 20.1. The van der Waals surface area contributed by atoms with E-state index in [9.17, 15) is 5.11 Å². The van der Waals surface area contributed by atoms with Crippen molar-refractivity contribution in [1.29, 1.82) is 0 Å². The topological polar surface area (TPSA) is 72.8 Å². The number of fused-ring (bicyclic) bond motifs is 3. The van der Waals surface area contributed by atoms with Crippen molar-refractivity contribution in [1.82, 2.24) is 5.01 Å². The summed E-state index contributed by atoms with van der Waals surface area (Å²) in [5.74, 6) is 2.90. The maximum Gasteiger partial charge on any atom is 0.217 e. The number of benzene rings is 3. The minimum atomic E-state index is -0.572. The lowest BCUT2D eigenvalue weighted by Crippen LogP contribution is -2.34. The molecule has 0 aliphatic carbocycles. The van der Waals surface area contributed by atoms with Crippen molar-refractivity contribution in [3.63, 3.8) is 0 Å². The van der Waals surface area contributed by atoms with Gasteiger partial charge in [-0.1, -0.05) is 24.3 Å². The Morgan fingerprint density at radius 3 is 2.47 bits per heavy atom. The molecule has 0 saturated heterocycles. The number of methoxy groups -OCH3 is 3. The highest BCUT2D eigenvalue weighted by molar-refractivity contribution is 6.04. The van der Waals surface area contributed by atoms with E-state index in [1.165, 1.54) is 0 Å². The highest BCUT2D eigenvalue weighted by Crippen LogP contribution is 2.52. The highest BCUT2D eigenvalue weighted by Gasteiger charge is 2.43. The van der Waals surface area contributed by atoms with Gasteiger partial charge in [0.2, 0.25) is 6.23 Å². The molecular formula is C25H24N2O5. The van der Waals surface area contributed by atoms with Gasteiger partial charge in [-0.05, 0) is 36.4 Å². The number of hydrazone groups is 1. The van der Waals surface area contributed by atoms with Gasteiger partial charge in [0, 0.05) is 17.5 Å². The first-order valence-corrected chi connectivity index (χ1v) is 10.3. The summed E-state index contributed by atoms with van der Waals surface area (Å²) in [6, 6.07) is 18.6. The van der Waals surface area contributed by atoms with Crippen LogP contribution in [0.1, 0.15) is 35.4 Å². The molecule has 2 aliphatic rings. The summed E-state index contributed by atoms with van der Waals surface area (Å²) in [5.41, 5.74) is 3.27. The predicted molar refractivity (Wildman–Crippen MR) is 120 cm³/mol. The monoisotopic (exact) mass is 432 g/mol. The van der Waals surface area contributed by atoms with Gasteiger partial charge in [0.25, 0.3) is 0 Å². The standard InChI is InChI=1S/C25H24N2O5/c1-29-15-11-12-22(30-2)18(13-15)25-27-20(17-8-6-10-23(31-3)24(17)32-25)14-19(26-27)16-7-4-5-9-21(16)28/h4-13,20,25,28H,14H2,1-3H3. The fraction of sp³-hybridized carbons (Fsp3) is 0.240. The average molecular weight is 432 g/mol. The minimum absolute atomic E-state index is 0.0932. The summed E-state index contributed by atoms with van der Waals surface area (Å²) in [6.07, 6.45) is 0.0429. The van der Waals surface area contributed by atoms with Crippen LogP contribution in [0, 0.1) is 0 Å². The Morgan fingerprint density at radius 2 is 1.72 bits per heavy atom. The van der Waals surface area contributed by atoms with Crippen molar-refractivity contribution in [3.05, 3.63) is 77.4 Å². The lowest BCUT2D eigenvalue weighted by Gasteiger charge is -2.39. The molecule has 5 rings (SSSR count). The molecule has 7 heteroatoms. The van der Waals surface area contributed by atoms with E-state index in [4.69, 9.17) is 24.0 Å². The maximum atomic E-state index is 10.4. The molecule has 3 aromatic carbocycles. The summed E-state index contributed by atoms with van der Waals surface area (Å²) >= 11 is 0. The van der Waals surface area contributed by atoms with E-state index >= 15 is 0 Å². The quantitative estimate of drug-likeness (QED) is 0.632. The van der Waals surface area contributed by atoms with E-state index in [2.05, 4.69) is 0 Å². The van der Waals surface area contributed by atoms with Crippen molar-refractivity contribution in [2.45, 2.75) is 18.7 Å². The smallest absolute Gasteiger partial charge is 0.217 e. The number of phenolic OH excluding ortho intramolecular Hbond substituents is 1. The number of nitrogens with zero attached hydrogens (tertiary/aromatic N) is 2. The first-order chi connectivity index (χ1) is 15.6. The number of ether oxygens (including phenoxy) is 4. The number of hydrogen-bond acceptors (Lipinski definition) is 7. The van der Waals surface area contributed by atoms with E-state index in [-0.39, 0.29) is 11.8 Å². The largest absolute Gasteiger partial charge is 0.507 e. The SMILES string of the molecule is COc1ccc(OC)c(C2Oc3c(OC)cccc3C3CC(c4ccccc4O)=NN32)c1. The van der Waals surface area contributed by atoms with Crippen LogP contribution >= 0.6 is 0 Å². The Labute approximate surface area is 186 Å². The van der Waals surface area contributed by atoms with Crippen LogP contribution in [0.15, 0.2) is 65.8 Å². The number of rotatable bonds is 5. The molecular weight excluding hydrogens is 408 g/mol. The van der Waals surface area contributed by atoms with Gasteiger partial charge in [-0.25, -0.2) is 5.01 Å². The van der Waals surface area contributed by atoms with Gasteiger partial charge < -0.3 is 24.1 Å². The zero-order chi connectivity index (χ0) is 22.2. The van der Waals surface area contributed by atoms with E-state index in [0.717, 1.165) is 16.8 Å². The van der Waals surface area contributed by atoms with Crippen LogP contribution in [-0.4, -0.2) is 37.2 Å². The third-order valence-corrected chi connectivity index (χ3v) is 5.92. The summed E-state index contributed by atoms with van der Waals surface area (Å²) in [7, 11) is 4.88. The molecule has 164 valence electrons. The van der Waals surface area contributed by atoms with Crippen molar-refractivity contribution in [2.24, 2.45) is 5.10 Å². The van der Waals surface area contributed by atoms with Crippen LogP contribution in [0.2, 0.25) is 0 Å². The molecule has 0 amide bonds. The summed E-state index contributed by atoms with van der Waals surface area (Å²) in [6.45, 7) is 0. The maximum absolute atomic E-state index is 10.4. The average Bonchev–Trinajstić information content (AvgIpc) is 3.28. The Morgan fingerprint density at radius 1 is 0.906 bits per heavy atom. The van der Waals surface area contributed by atoms with E-state index < -0.39 is 6.23 Å². The molecule has 0 spiro atoms. The van der Waals surface area contributed by atoms with Gasteiger partial charge in [0.1, 0.15) is 17.2 Å². The third kappa shape index (κ3) is 3.17. The van der Waals surface area contributed by atoms with Crippen LogP contribution in [-0.2, 0) is 0 Å². The zero-order valence-corrected chi connectivity index (χ0v) is 18.1. The molecule has 7 nitrogen and oxygen atoms in total. The number of aromatic hydroxyl groups is 1. The lowest BCUT2D eigenvalue weighted by atomic mass is 9.95. The zero-order valence-electron chi connectivity index (χ0n) is 18.1. The number of hydrogen-bond donors (Lipinski definition) is 1. The predicted octanol–water partition coefficient (Wildman–Crippen LogP) is 4.66. The minimum Gasteiger partial charge on any atom is -0.507 e. The second-order valence-corrected chi connectivity index (χ2v) is 7.62. The Kier molecular flexibility index (Phi) is 5.01. The van der Waals surface area contributed by atoms with Gasteiger partial charge in [0.05, 0.1) is 38.6 Å². The molecule has 1 N–H and O–H groups in total. The summed E-state index contributed by atoms with van der Waals surface area (Å²) in [5, 5.41) is 17.3. The molecule has 32 heavy (non-hydrogen) atoms. The fourth-order valence-corrected chi connectivity index (χ4v) is 4.36. The summed E-state index contributed by atoms with van der Waals surface area (Å²) < 4.78 is 23.2. The van der Waals surface area contributed by atoms with Crippen molar-refractivity contribution in [3.8, 4) is 28.7 Å². The summed E-state index contributed by atoms with van der Waals surface area (Å²) in [4.78, 5) is 0. The number of para-hydroxylation sites is 2. The fourth-order valence-electron chi connectivity index (χ4n) is 4.36. The van der Waals surface area contributed by atoms with Gasteiger partial charge >= 0.3 is 0 Å². The molecule has 3 aromatic rings. The van der Waals surface area contributed by atoms with Crippen LogP contribution in [0.5, 0.6) is 28.7 Å². The van der Waals surface area contributed by atoms with Crippen molar-refractivity contribution < 1.29 is 24.1 Å². The highest BCUT2D eigenvalue weighted by atomic mass is 16.5. The normalized spacial score (nSPS) is 18.8. The van der Waals surface area contributed by atoms with Crippen LogP contribution in [0.3, 0.4) is 0 Å². The van der Waals surface area contributed by atoms with Crippen LogP contribution < -0.4 is 18.9 Å². The molecule has 0 bridgehead atoms. The third-order valence-electron chi connectivity index (χ3n) is 5.92. The molecule has 0 radical (unpaired) electrons. The van der Waals surface area contributed by atoms with Crippen molar-refractivity contribution >= 4 is 5.71 Å². The van der Waals surface area contributed by atoms with Gasteiger partial charge in [-0.15, -0.1) is 0 Å². The molecule has 0 fully saturated rings. The lowest BCUT2D eigenvalue weighted by molar-refractivity contribution is -0.0223. The number of phenols is 1. The molecule has 2 heterocycles. The van der Waals surface area contributed by atoms with Gasteiger partial charge in [-0.2, -0.15) is 5.10 Å². The second kappa shape index (κ2) is 8.00. The molecule has 0 aromatic heterocycles. The Bertz CT molecular complexity index is 1190. The second-order valence-electron chi connectivity index (χ2n) is 7.62. The van der Waals surface area contributed by atoms with E-state index in [0.29, 0.717) is 35.0 Å². The van der Waals surface area contributed by atoms with E-state index in [1.807, 2.05) is 53.5 Å². The Balaban J connectivity index is 1.67. The van der Waals surface area contributed by atoms with Gasteiger partial charge in [-0.3, -0.25) is 0 Å². The molecule has 2 atom stereocenters. The first-order valence-electron chi connectivity index (χ1n) is 10.3. The van der Waals surface area contributed by atoms with E-state index in [1.54, 1.807) is 33.5 Å². The molecule has 2 aliphatic heterocycles. The molecule has 0 saturated carbocycles. The van der Waals surface area contributed by atoms with Crippen molar-refractivity contribution in [2.75, 3.05) is 21.3 Å². The Hall–Kier alpha value is -3.87. The van der Waals surface area contributed by atoms with Crippen LogP contribution in [0.25, 0.3) is 0 Å². The molecule has 2 unspecified atom stereocenters.